The van der Waals surface area contributed by atoms with Gasteiger partial charge in [-0.25, -0.2) is 4.79 Å². The van der Waals surface area contributed by atoms with Gasteiger partial charge in [-0.1, -0.05) is 0 Å². The number of benzene rings is 1. The van der Waals surface area contributed by atoms with E-state index < -0.39 is 87.4 Å². The number of phenolic OH excluding ortho intramolecular Hbond substituents is 1. The van der Waals surface area contributed by atoms with E-state index in [0.717, 1.165) is 21.3 Å². The zero-order valence-electron chi connectivity index (χ0n) is 26.9. The lowest BCUT2D eigenvalue weighted by Crippen LogP contribution is -2.48. The molecule has 0 bridgehead atoms. The van der Waals surface area contributed by atoms with Crippen LogP contribution in [0.1, 0.15) is 54.3 Å². The SMILES string of the molecule is Cn1ccc(C(=O)NCCN(CCNC(=O)c2ccn(C)c(=O)c2O)CC(CCC(=O)O)NC(=O)c2ccc(C(=O)O)c(O)c2O)c(O)c1=O. The number of carboxylic acid groups (broad SMARTS) is 2. The molecule has 268 valence electrons. The van der Waals surface area contributed by atoms with Gasteiger partial charge in [0.25, 0.3) is 28.8 Å². The number of aromatic nitrogens is 2. The number of phenols is 2. The maximum absolute atomic E-state index is 13.1. The predicted molar refractivity (Wildman–Crippen MR) is 173 cm³/mol. The highest BCUT2D eigenvalue weighted by Crippen LogP contribution is 2.32. The highest BCUT2D eigenvalue weighted by atomic mass is 16.4. The van der Waals surface area contributed by atoms with Gasteiger partial charge in [-0.2, -0.15) is 0 Å². The fraction of sp³-hybridized carbons (Fsp3) is 0.323. The van der Waals surface area contributed by atoms with Crippen LogP contribution in [0.5, 0.6) is 23.0 Å². The largest absolute Gasteiger partial charge is 0.504 e. The first kappa shape index (κ1) is 38.1. The minimum Gasteiger partial charge on any atom is -0.504 e. The van der Waals surface area contributed by atoms with E-state index in [-0.39, 0.29) is 50.3 Å². The Bertz CT molecular complexity index is 1840. The fourth-order valence-electron chi connectivity index (χ4n) is 4.75. The summed E-state index contributed by atoms with van der Waals surface area (Å²) in [5.41, 5.74) is -3.34. The Hall–Kier alpha value is -6.37. The van der Waals surface area contributed by atoms with Crippen LogP contribution in [0.15, 0.2) is 46.2 Å². The number of aromatic carboxylic acids is 1. The number of aliphatic carboxylic acids is 1. The average Bonchev–Trinajstić information content (AvgIpc) is 3.05. The highest BCUT2D eigenvalue weighted by Gasteiger charge is 2.25. The molecule has 19 heteroatoms. The van der Waals surface area contributed by atoms with Gasteiger partial charge in [0.05, 0.1) is 16.7 Å². The molecule has 1 aromatic carbocycles. The summed E-state index contributed by atoms with van der Waals surface area (Å²) in [6, 6.07) is 3.37. The van der Waals surface area contributed by atoms with Gasteiger partial charge in [0, 0.05) is 71.7 Å². The Morgan fingerprint density at radius 2 is 1.12 bits per heavy atom. The Labute approximate surface area is 282 Å². The normalized spacial score (nSPS) is 11.5. The molecule has 2 aromatic heterocycles. The van der Waals surface area contributed by atoms with Crippen molar-refractivity contribution >= 4 is 29.7 Å². The molecule has 19 nitrogen and oxygen atoms in total. The number of hydrogen-bond acceptors (Lipinski definition) is 12. The molecule has 0 saturated heterocycles. The molecule has 0 aliphatic rings. The standard InChI is InChI=1S/C31H36N6O13/c1-35-11-7-18(24(42)29(35)47)26(44)32-9-13-37(14-10-33-27(45)19-8-12-36(2)30(48)25(19)43)15-16(3-6-21(38)39)34-28(46)17-4-5-20(31(49)50)23(41)22(17)40/h4-5,7-8,11-12,16,40-43H,3,6,9-10,13-15H2,1-2H3,(H,32,44)(H,33,45)(H,34,46)(H,38,39)(H,49,50). The van der Waals surface area contributed by atoms with E-state index in [1.807, 2.05) is 0 Å². The van der Waals surface area contributed by atoms with Crippen molar-refractivity contribution in [3.8, 4) is 23.0 Å². The lowest BCUT2D eigenvalue weighted by molar-refractivity contribution is -0.137. The molecular weight excluding hydrogens is 664 g/mol. The van der Waals surface area contributed by atoms with Gasteiger partial charge < -0.3 is 55.7 Å². The zero-order chi connectivity index (χ0) is 37.3. The molecule has 9 N–H and O–H groups in total. The Morgan fingerprint density at radius 3 is 1.58 bits per heavy atom. The number of nitrogens with zero attached hydrogens (tertiary/aromatic N) is 3. The number of nitrogens with one attached hydrogen (secondary N) is 3. The number of carbonyl (C=O) groups is 5. The summed E-state index contributed by atoms with van der Waals surface area (Å²) in [6.07, 6.45) is 1.99. The van der Waals surface area contributed by atoms with E-state index >= 15 is 0 Å². The molecule has 3 amide bonds. The van der Waals surface area contributed by atoms with Crippen molar-refractivity contribution in [3.05, 3.63) is 79.6 Å². The van der Waals surface area contributed by atoms with Crippen LogP contribution in [0, 0.1) is 0 Å². The summed E-state index contributed by atoms with van der Waals surface area (Å²) in [6.45, 7) is -0.324. The van der Waals surface area contributed by atoms with E-state index in [4.69, 9.17) is 5.11 Å². The van der Waals surface area contributed by atoms with Crippen LogP contribution in [0.3, 0.4) is 0 Å². The molecule has 1 unspecified atom stereocenters. The van der Waals surface area contributed by atoms with Gasteiger partial charge >= 0.3 is 11.9 Å². The first-order chi connectivity index (χ1) is 23.5. The first-order valence-corrected chi connectivity index (χ1v) is 14.9. The summed E-state index contributed by atoms with van der Waals surface area (Å²) in [7, 11) is 2.77. The average molecular weight is 701 g/mol. The van der Waals surface area contributed by atoms with Crippen molar-refractivity contribution < 1.29 is 54.6 Å². The van der Waals surface area contributed by atoms with Gasteiger partial charge in [0.15, 0.2) is 23.0 Å². The number of carbonyl (C=O) groups excluding carboxylic acids is 3. The number of pyridine rings is 2. The molecule has 2 heterocycles. The molecule has 0 saturated carbocycles. The van der Waals surface area contributed by atoms with Crippen molar-refractivity contribution in [1.82, 2.24) is 30.0 Å². The van der Waals surface area contributed by atoms with E-state index in [9.17, 15) is 59.1 Å². The summed E-state index contributed by atoms with van der Waals surface area (Å²) in [5.74, 6) is -8.92. The lowest BCUT2D eigenvalue weighted by atomic mass is 10.1. The van der Waals surface area contributed by atoms with Crippen molar-refractivity contribution in [2.75, 3.05) is 32.7 Å². The molecule has 0 fully saturated rings. The van der Waals surface area contributed by atoms with Crippen molar-refractivity contribution in [3.63, 3.8) is 0 Å². The number of hydrogen-bond donors (Lipinski definition) is 9. The second-order valence-electron chi connectivity index (χ2n) is 11.1. The molecule has 0 spiro atoms. The number of rotatable bonds is 16. The third kappa shape index (κ3) is 9.37. The van der Waals surface area contributed by atoms with Crippen LogP contribution in [0.2, 0.25) is 0 Å². The van der Waals surface area contributed by atoms with Crippen molar-refractivity contribution in [1.29, 1.82) is 0 Å². The number of amides is 3. The molecule has 50 heavy (non-hydrogen) atoms. The molecule has 3 rings (SSSR count). The van der Waals surface area contributed by atoms with Gasteiger partial charge in [-0.15, -0.1) is 0 Å². The summed E-state index contributed by atoms with van der Waals surface area (Å²) in [4.78, 5) is 86.9. The van der Waals surface area contributed by atoms with E-state index in [2.05, 4.69) is 16.0 Å². The van der Waals surface area contributed by atoms with Crippen LogP contribution in [0.25, 0.3) is 0 Å². The molecular formula is C31H36N6O13. The van der Waals surface area contributed by atoms with Crippen LogP contribution >= 0.6 is 0 Å². The predicted octanol–water partition coefficient (Wildman–Crippen LogP) is -1.27. The van der Waals surface area contributed by atoms with Crippen LogP contribution in [-0.4, -0.2) is 113 Å². The summed E-state index contributed by atoms with van der Waals surface area (Å²) < 4.78 is 2.14. The minimum atomic E-state index is -1.56. The Balaban J connectivity index is 1.81. The Kier molecular flexibility index (Phi) is 12.7. The van der Waals surface area contributed by atoms with Crippen molar-refractivity contribution in [2.24, 2.45) is 14.1 Å². The van der Waals surface area contributed by atoms with Crippen molar-refractivity contribution in [2.45, 2.75) is 18.9 Å². The minimum absolute atomic E-state index is 0.00311. The molecule has 0 aliphatic heterocycles. The van der Waals surface area contributed by atoms with E-state index in [1.165, 1.54) is 38.6 Å². The van der Waals surface area contributed by atoms with E-state index in [0.29, 0.717) is 0 Å². The second-order valence-corrected chi connectivity index (χ2v) is 11.1. The maximum Gasteiger partial charge on any atom is 0.339 e. The third-order valence-electron chi connectivity index (χ3n) is 7.55. The topological polar surface area (TPSA) is 290 Å². The smallest absolute Gasteiger partial charge is 0.339 e. The zero-order valence-corrected chi connectivity index (χ0v) is 26.9. The number of carboxylic acids is 2. The lowest BCUT2D eigenvalue weighted by Gasteiger charge is -2.28. The van der Waals surface area contributed by atoms with Gasteiger partial charge in [-0.3, -0.25) is 33.7 Å². The number of aryl methyl sites for hydroxylation is 2. The van der Waals surface area contributed by atoms with Crippen LogP contribution in [-0.2, 0) is 18.9 Å². The number of aromatic hydroxyl groups is 4. The van der Waals surface area contributed by atoms with Gasteiger partial charge in [0.1, 0.15) is 5.56 Å². The van der Waals surface area contributed by atoms with Gasteiger partial charge in [0.2, 0.25) is 0 Å². The van der Waals surface area contributed by atoms with E-state index in [1.54, 1.807) is 4.90 Å². The summed E-state index contributed by atoms with van der Waals surface area (Å²) >= 11 is 0. The monoisotopic (exact) mass is 700 g/mol. The second kappa shape index (κ2) is 16.6. The molecule has 1 atom stereocenters. The van der Waals surface area contributed by atoms with Crippen LogP contribution in [0.4, 0.5) is 0 Å². The molecule has 0 aliphatic carbocycles. The summed E-state index contributed by atoms with van der Waals surface area (Å²) in [5, 5.41) is 66.7. The first-order valence-electron chi connectivity index (χ1n) is 14.9. The molecule has 0 radical (unpaired) electrons. The maximum atomic E-state index is 13.1. The fourth-order valence-corrected chi connectivity index (χ4v) is 4.75. The van der Waals surface area contributed by atoms with Gasteiger partial charge in [-0.05, 0) is 30.7 Å². The highest BCUT2D eigenvalue weighted by molar-refractivity contribution is 6.01. The van der Waals surface area contributed by atoms with Crippen LogP contribution < -0.4 is 27.1 Å². The quantitative estimate of drug-likeness (QED) is 0.0788. The molecule has 3 aromatic rings. The third-order valence-corrected chi connectivity index (χ3v) is 7.55. The Morgan fingerprint density at radius 1 is 0.680 bits per heavy atom.